The van der Waals surface area contributed by atoms with Gasteiger partial charge in [0.1, 0.15) is 5.82 Å². The zero-order valence-corrected chi connectivity index (χ0v) is 20.9. The van der Waals surface area contributed by atoms with Crippen LogP contribution in [0.5, 0.6) is 0 Å². The molecule has 37 heavy (non-hydrogen) atoms. The van der Waals surface area contributed by atoms with Crippen molar-refractivity contribution >= 4 is 46.0 Å². The van der Waals surface area contributed by atoms with E-state index in [2.05, 4.69) is 9.97 Å². The van der Waals surface area contributed by atoms with Crippen LogP contribution in [0.25, 0.3) is 22.4 Å². The first kappa shape index (κ1) is 23.1. The number of rotatable bonds is 5. The summed E-state index contributed by atoms with van der Waals surface area (Å²) < 4.78 is 5.80. The number of hydrogen-bond donors (Lipinski definition) is 1. The number of anilines is 2. The normalized spacial score (nSPS) is 13.1. The van der Waals surface area contributed by atoms with Gasteiger partial charge in [0, 0.05) is 15.4 Å². The number of benzene rings is 4. The standard InChI is InChI=1S/C30H23N3O3S/c1-2-25(29(34)33-23-12-6-8-14-26(23)37-27-15-9-7-13-24(27)33)36-30(35)20-16-17-21-22(18-20)32-28(31-21)19-10-4-3-5-11-19/h3-18,25H,2H2,1H3,(H,31,32). The Labute approximate surface area is 218 Å². The first-order valence-corrected chi connectivity index (χ1v) is 12.9. The van der Waals surface area contributed by atoms with Crippen molar-refractivity contribution in [2.75, 3.05) is 4.90 Å². The molecule has 0 aliphatic carbocycles. The van der Waals surface area contributed by atoms with Gasteiger partial charge in [0.2, 0.25) is 0 Å². The van der Waals surface area contributed by atoms with E-state index < -0.39 is 12.1 Å². The fourth-order valence-corrected chi connectivity index (χ4v) is 5.52. The van der Waals surface area contributed by atoms with Crippen LogP contribution in [0.2, 0.25) is 0 Å². The number of H-pyrrole nitrogens is 1. The molecule has 1 unspecified atom stereocenters. The van der Waals surface area contributed by atoms with Gasteiger partial charge in [0.15, 0.2) is 6.10 Å². The van der Waals surface area contributed by atoms with Gasteiger partial charge in [-0.1, -0.05) is 73.3 Å². The minimum absolute atomic E-state index is 0.273. The molecule has 6 rings (SSSR count). The maximum atomic E-state index is 13.8. The van der Waals surface area contributed by atoms with E-state index in [1.807, 2.05) is 85.8 Å². The number of para-hydroxylation sites is 2. The van der Waals surface area contributed by atoms with Gasteiger partial charge in [0.25, 0.3) is 5.91 Å². The largest absolute Gasteiger partial charge is 0.449 e. The van der Waals surface area contributed by atoms with Crippen LogP contribution in [0.15, 0.2) is 107 Å². The number of aromatic nitrogens is 2. The third-order valence-electron chi connectivity index (χ3n) is 6.31. The van der Waals surface area contributed by atoms with E-state index in [9.17, 15) is 9.59 Å². The van der Waals surface area contributed by atoms with Crippen molar-refractivity contribution in [2.45, 2.75) is 29.2 Å². The fraction of sp³-hybridized carbons (Fsp3) is 0.100. The molecule has 0 saturated carbocycles. The molecule has 2 heterocycles. The molecule has 0 fully saturated rings. The zero-order valence-electron chi connectivity index (χ0n) is 20.0. The molecule has 5 aromatic rings. The smallest absolute Gasteiger partial charge is 0.338 e. The second kappa shape index (κ2) is 9.59. The van der Waals surface area contributed by atoms with E-state index >= 15 is 0 Å². The maximum absolute atomic E-state index is 13.8. The lowest BCUT2D eigenvalue weighted by molar-refractivity contribution is -0.126. The number of aromatic amines is 1. The van der Waals surface area contributed by atoms with Crippen LogP contribution in [0, 0.1) is 0 Å². The first-order chi connectivity index (χ1) is 18.1. The number of esters is 1. The summed E-state index contributed by atoms with van der Waals surface area (Å²) in [5, 5.41) is 0. The van der Waals surface area contributed by atoms with Crippen LogP contribution in [-0.4, -0.2) is 27.9 Å². The van der Waals surface area contributed by atoms with E-state index in [1.54, 1.807) is 34.9 Å². The summed E-state index contributed by atoms with van der Waals surface area (Å²) in [6, 6.07) is 30.5. The second-order valence-corrected chi connectivity index (χ2v) is 9.78. The van der Waals surface area contributed by atoms with Crippen molar-refractivity contribution in [1.82, 2.24) is 9.97 Å². The van der Waals surface area contributed by atoms with Gasteiger partial charge < -0.3 is 9.72 Å². The molecule has 0 bridgehead atoms. The Morgan fingerprint density at radius 3 is 2.22 bits per heavy atom. The molecule has 0 spiro atoms. The highest BCUT2D eigenvalue weighted by molar-refractivity contribution is 7.99. The molecule has 1 aromatic heterocycles. The van der Waals surface area contributed by atoms with E-state index in [0.717, 1.165) is 43.6 Å². The van der Waals surface area contributed by atoms with E-state index in [0.29, 0.717) is 12.0 Å². The second-order valence-electron chi connectivity index (χ2n) is 8.70. The molecular weight excluding hydrogens is 482 g/mol. The first-order valence-electron chi connectivity index (χ1n) is 12.1. The third-order valence-corrected chi connectivity index (χ3v) is 7.44. The van der Waals surface area contributed by atoms with Gasteiger partial charge in [-0.05, 0) is 48.9 Å². The van der Waals surface area contributed by atoms with Gasteiger partial charge in [-0.15, -0.1) is 0 Å². The van der Waals surface area contributed by atoms with Gasteiger partial charge >= 0.3 is 5.97 Å². The predicted molar refractivity (Wildman–Crippen MR) is 145 cm³/mol. The van der Waals surface area contributed by atoms with Crippen LogP contribution in [0.1, 0.15) is 23.7 Å². The minimum atomic E-state index is -0.936. The van der Waals surface area contributed by atoms with Gasteiger partial charge in [-0.2, -0.15) is 0 Å². The minimum Gasteiger partial charge on any atom is -0.449 e. The van der Waals surface area contributed by atoms with Crippen LogP contribution < -0.4 is 4.90 Å². The zero-order chi connectivity index (χ0) is 25.4. The van der Waals surface area contributed by atoms with Crippen LogP contribution in [0.3, 0.4) is 0 Å². The fourth-order valence-electron chi connectivity index (χ4n) is 4.46. The highest BCUT2D eigenvalue weighted by Crippen LogP contribution is 2.48. The predicted octanol–water partition coefficient (Wildman–Crippen LogP) is 6.99. The monoisotopic (exact) mass is 505 g/mol. The topological polar surface area (TPSA) is 75.3 Å². The SMILES string of the molecule is CCC(OC(=O)c1ccc2nc(-c3ccccc3)[nH]c2c1)C(=O)N1c2ccccc2Sc2ccccc21. The number of fused-ring (bicyclic) bond motifs is 3. The van der Waals surface area contributed by atoms with Gasteiger partial charge in [-0.25, -0.2) is 9.78 Å². The molecule has 7 heteroatoms. The molecule has 0 radical (unpaired) electrons. The van der Waals surface area contributed by atoms with Gasteiger partial charge in [-0.3, -0.25) is 9.69 Å². The molecule has 4 aromatic carbocycles. The Morgan fingerprint density at radius 1 is 0.892 bits per heavy atom. The van der Waals surface area contributed by atoms with Crippen molar-refractivity contribution in [1.29, 1.82) is 0 Å². The lowest BCUT2D eigenvalue weighted by atomic mass is 10.1. The van der Waals surface area contributed by atoms with E-state index in [1.165, 1.54) is 0 Å². The summed E-state index contributed by atoms with van der Waals surface area (Å²) in [7, 11) is 0. The Bertz CT molecular complexity index is 1580. The number of amides is 1. The summed E-state index contributed by atoms with van der Waals surface area (Å²) in [4.78, 5) is 38.5. The molecule has 6 nitrogen and oxygen atoms in total. The van der Waals surface area contributed by atoms with E-state index in [-0.39, 0.29) is 5.91 Å². The molecule has 0 saturated heterocycles. The molecule has 1 amide bonds. The van der Waals surface area contributed by atoms with Crippen LogP contribution in [0.4, 0.5) is 11.4 Å². The van der Waals surface area contributed by atoms with Crippen LogP contribution in [-0.2, 0) is 9.53 Å². The summed E-state index contributed by atoms with van der Waals surface area (Å²) in [6.45, 7) is 1.84. The van der Waals surface area contributed by atoms with Gasteiger partial charge in [0.05, 0.1) is 28.0 Å². The lowest BCUT2D eigenvalue weighted by Gasteiger charge is -2.33. The lowest BCUT2D eigenvalue weighted by Crippen LogP contribution is -2.39. The number of nitrogens with zero attached hydrogens (tertiary/aromatic N) is 2. The Morgan fingerprint density at radius 2 is 1.54 bits per heavy atom. The van der Waals surface area contributed by atoms with Crippen LogP contribution >= 0.6 is 11.8 Å². The highest BCUT2D eigenvalue weighted by atomic mass is 32.2. The quantitative estimate of drug-likeness (QED) is 0.260. The Hall–Kier alpha value is -4.36. The highest BCUT2D eigenvalue weighted by Gasteiger charge is 2.34. The van der Waals surface area contributed by atoms with Crippen molar-refractivity contribution < 1.29 is 14.3 Å². The third kappa shape index (κ3) is 4.27. The average Bonchev–Trinajstić information content (AvgIpc) is 3.38. The van der Waals surface area contributed by atoms with Crippen molar-refractivity contribution in [2.24, 2.45) is 0 Å². The number of imidazole rings is 1. The maximum Gasteiger partial charge on any atom is 0.338 e. The molecular formula is C30H23N3O3S. The Kier molecular flexibility index (Phi) is 5.98. The number of nitrogens with one attached hydrogen (secondary N) is 1. The summed E-state index contributed by atoms with van der Waals surface area (Å²) >= 11 is 1.62. The summed E-state index contributed by atoms with van der Waals surface area (Å²) in [5.74, 6) is -0.0982. The number of ether oxygens (including phenoxy) is 1. The number of carbonyl (C=O) groups excluding carboxylic acids is 2. The number of hydrogen-bond acceptors (Lipinski definition) is 5. The van der Waals surface area contributed by atoms with Crippen molar-refractivity contribution in [3.63, 3.8) is 0 Å². The van der Waals surface area contributed by atoms with Crippen molar-refractivity contribution in [3.8, 4) is 11.4 Å². The van der Waals surface area contributed by atoms with Crippen molar-refractivity contribution in [3.05, 3.63) is 103 Å². The number of carbonyl (C=O) groups is 2. The molecule has 1 N–H and O–H groups in total. The molecule has 1 aliphatic heterocycles. The summed E-state index contributed by atoms with van der Waals surface area (Å²) in [5.41, 5.74) is 4.37. The molecule has 1 aliphatic rings. The van der Waals surface area contributed by atoms with E-state index in [4.69, 9.17) is 4.74 Å². The molecule has 1 atom stereocenters. The molecule has 182 valence electrons. The Balaban J connectivity index is 1.28. The average molecular weight is 506 g/mol. The summed E-state index contributed by atoms with van der Waals surface area (Å²) in [6.07, 6.45) is -0.586.